The quantitative estimate of drug-likeness (QED) is 0.291. The van der Waals surface area contributed by atoms with Gasteiger partial charge >= 0.3 is 27.0 Å². The van der Waals surface area contributed by atoms with E-state index in [1.165, 1.54) is 36.2 Å². The summed E-state index contributed by atoms with van der Waals surface area (Å²) in [7, 11) is 4.95. The molecule has 27 heavy (non-hydrogen) atoms. The van der Waals surface area contributed by atoms with E-state index < -0.39 is 0 Å². The van der Waals surface area contributed by atoms with E-state index in [1.807, 2.05) is 53.7 Å². The van der Waals surface area contributed by atoms with Crippen molar-refractivity contribution in [1.29, 1.82) is 0 Å². The molecular weight excluding hydrogens is 456 g/mol. The Hall–Kier alpha value is 0.563. The predicted molar refractivity (Wildman–Crippen MR) is 120 cm³/mol. The first-order valence-corrected chi connectivity index (χ1v) is 15.1. The Balaban J connectivity index is 0.000000275. The summed E-state index contributed by atoms with van der Waals surface area (Å²) in [5.74, 6) is 0. The van der Waals surface area contributed by atoms with Gasteiger partial charge in [-0.1, -0.05) is 102 Å². The van der Waals surface area contributed by atoms with Gasteiger partial charge in [0.25, 0.3) is 0 Å². The van der Waals surface area contributed by atoms with Crippen LogP contribution in [0.2, 0.25) is 0 Å². The Morgan fingerprint density at radius 2 is 0.667 bits per heavy atom. The van der Waals surface area contributed by atoms with E-state index in [9.17, 15) is 0 Å². The van der Waals surface area contributed by atoms with Crippen LogP contribution in [0.1, 0.15) is 96.3 Å². The van der Waals surface area contributed by atoms with E-state index >= 15 is 0 Å². The maximum Gasteiger partial charge on any atom is -0.0623 e. The molecular formula is C24H39ClPRu. The summed E-state index contributed by atoms with van der Waals surface area (Å²) in [6.45, 7) is 0. The van der Waals surface area contributed by atoms with Crippen molar-refractivity contribution >= 4 is 17.6 Å². The van der Waals surface area contributed by atoms with Gasteiger partial charge in [0.2, 0.25) is 0 Å². The van der Waals surface area contributed by atoms with Crippen LogP contribution in [-0.2, 0) is 17.3 Å². The third-order valence-corrected chi connectivity index (χ3v) is 10.7. The molecule has 0 radical (unpaired) electrons. The minimum absolute atomic E-state index is 0.385. The normalized spacial score (nSPS) is 22.3. The second-order valence-electron chi connectivity index (χ2n) is 8.48. The third-order valence-electron chi connectivity index (χ3n) is 6.66. The molecule has 3 saturated carbocycles. The first-order chi connectivity index (χ1) is 13.4. The second kappa shape index (κ2) is 15.4. The average Bonchev–Trinajstić information content (AvgIpc) is 2.79. The van der Waals surface area contributed by atoms with Crippen LogP contribution >= 0.6 is 17.6 Å². The Morgan fingerprint density at radius 1 is 0.444 bits per heavy atom. The van der Waals surface area contributed by atoms with Crippen LogP contribution in [0, 0.1) is 0 Å². The maximum atomic E-state index is 4.57. The summed E-state index contributed by atoms with van der Waals surface area (Å²) in [6.07, 6.45) is 23.6. The van der Waals surface area contributed by atoms with E-state index in [0.29, 0.717) is 7.92 Å². The van der Waals surface area contributed by atoms with E-state index in [2.05, 4.69) is 9.69 Å². The van der Waals surface area contributed by atoms with Crippen LogP contribution in [0.15, 0.2) is 36.4 Å². The van der Waals surface area contributed by atoms with Crippen LogP contribution < -0.4 is 0 Å². The fraction of sp³-hybridized carbons (Fsp3) is 0.750. The van der Waals surface area contributed by atoms with E-state index in [-0.39, 0.29) is 0 Å². The molecule has 3 fully saturated rings. The predicted octanol–water partition coefficient (Wildman–Crippen LogP) is 8.84. The first-order valence-electron chi connectivity index (χ1n) is 11.4. The summed E-state index contributed by atoms with van der Waals surface area (Å²) < 4.78 is 0. The third kappa shape index (κ3) is 8.85. The van der Waals surface area contributed by atoms with Crippen molar-refractivity contribution < 1.29 is 17.3 Å². The zero-order valence-electron chi connectivity index (χ0n) is 17.0. The molecule has 1 aromatic carbocycles. The van der Waals surface area contributed by atoms with Gasteiger partial charge in [-0.15, -0.1) is 0 Å². The topological polar surface area (TPSA) is 0 Å². The number of benzene rings is 1. The number of hydrogen-bond donors (Lipinski definition) is 0. The molecule has 0 atom stereocenters. The van der Waals surface area contributed by atoms with Crippen LogP contribution in [0.5, 0.6) is 0 Å². The van der Waals surface area contributed by atoms with Crippen molar-refractivity contribution in [2.75, 3.05) is 0 Å². The van der Waals surface area contributed by atoms with Gasteiger partial charge in [0.05, 0.1) is 0 Å². The van der Waals surface area contributed by atoms with Gasteiger partial charge in [-0.3, -0.25) is 0 Å². The molecule has 155 valence electrons. The van der Waals surface area contributed by atoms with Gasteiger partial charge in [-0.2, -0.15) is 0 Å². The summed E-state index contributed by atoms with van der Waals surface area (Å²) in [6, 6.07) is 12.0. The molecule has 3 aliphatic carbocycles. The fourth-order valence-corrected chi connectivity index (χ4v) is 10.1. The van der Waals surface area contributed by atoms with Crippen molar-refractivity contribution in [3.8, 4) is 0 Å². The number of halogens is 1. The van der Waals surface area contributed by atoms with Crippen molar-refractivity contribution in [1.82, 2.24) is 0 Å². The Kier molecular flexibility index (Phi) is 13.6. The van der Waals surface area contributed by atoms with Crippen LogP contribution in [0.3, 0.4) is 0 Å². The first kappa shape index (κ1) is 23.8. The maximum absolute atomic E-state index is 4.57. The summed E-state index contributed by atoms with van der Waals surface area (Å²) in [5.41, 5.74) is 3.57. The minimum atomic E-state index is 0.385. The van der Waals surface area contributed by atoms with Gasteiger partial charge in [0.1, 0.15) is 0 Å². The number of hydrogen-bond acceptors (Lipinski definition) is 0. The summed E-state index contributed by atoms with van der Waals surface area (Å²) in [5, 5.41) is 0. The molecule has 0 spiro atoms. The average molecular weight is 495 g/mol. The van der Waals surface area contributed by atoms with Crippen LogP contribution in [-0.4, -0.2) is 17.0 Å². The molecule has 0 nitrogen and oxygen atoms in total. The molecule has 0 bridgehead atoms. The van der Waals surface area contributed by atoms with Crippen molar-refractivity contribution in [2.24, 2.45) is 0 Å². The van der Waals surface area contributed by atoms with Crippen LogP contribution in [0.25, 0.3) is 0 Å². The van der Waals surface area contributed by atoms with Gasteiger partial charge in [-0.25, -0.2) is 0 Å². The second-order valence-corrected chi connectivity index (χ2v) is 11.6. The molecule has 0 saturated heterocycles. The Bertz CT molecular complexity index is 367. The molecule has 3 heteroatoms. The van der Waals surface area contributed by atoms with Gasteiger partial charge in [-0.05, 0) is 55.5 Å². The van der Waals surface area contributed by atoms with Crippen molar-refractivity contribution in [3.63, 3.8) is 0 Å². The van der Waals surface area contributed by atoms with Gasteiger partial charge in [0, 0.05) is 0 Å². The zero-order valence-corrected chi connectivity index (χ0v) is 20.4. The smallest absolute Gasteiger partial charge is 0.0623 e. The molecule has 0 N–H and O–H groups in total. The molecule has 4 rings (SSSR count). The standard InChI is InChI=1S/C18H33P.C6H6.ClH.Ru/c1-4-10-16(11-5-1)19(17-12-6-2-7-13-17)18-14-8-3-9-15-18;1-2-4-6-5-3-1;;/h16-18H,1-15H2;1-6H;1H;/q;;;+1/p-1. The van der Waals surface area contributed by atoms with Crippen molar-refractivity contribution in [2.45, 2.75) is 113 Å². The van der Waals surface area contributed by atoms with E-state index in [4.69, 9.17) is 0 Å². The Morgan fingerprint density at radius 3 is 0.889 bits per heavy atom. The Labute approximate surface area is 184 Å². The molecule has 0 aromatic heterocycles. The minimum Gasteiger partial charge on any atom is -0.0623 e. The van der Waals surface area contributed by atoms with Gasteiger partial charge < -0.3 is 0 Å². The largest absolute Gasteiger partial charge is 0.0623 e. The SMILES string of the molecule is C1CCC(P(C2CCCCC2)C2CCCCC2)CC1.[Cl][Ru].c1ccccc1. The molecule has 0 amide bonds. The van der Waals surface area contributed by atoms with E-state index in [0.717, 1.165) is 0 Å². The molecule has 0 aliphatic heterocycles. The monoisotopic (exact) mass is 495 g/mol. The molecule has 0 unspecified atom stereocenters. The van der Waals surface area contributed by atoms with E-state index in [1.54, 1.807) is 77.0 Å². The molecule has 1 aromatic rings. The summed E-state index contributed by atoms with van der Waals surface area (Å²) >= 11 is 1.82. The van der Waals surface area contributed by atoms with Crippen molar-refractivity contribution in [3.05, 3.63) is 36.4 Å². The molecule has 3 aliphatic rings. The van der Waals surface area contributed by atoms with Gasteiger partial charge in [0.15, 0.2) is 0 Å². The molecule has 0 heterocycles. The van der Waals surface area contributed by atoms with Crippen LogP contribution in [0.4, 0.5) is 0 Å². The fourth-order valence-electron chi connectivity index (χ4n) is 5.42. The summed E-state index contributed by atoms with van der Waals surface area (Å²) in [4.78, 5) is 0. The number of rotatable bonds is 3. The zero-order chi connectivity index (χ0) is 19.2.